The van der Waals surface area contributed by atoms with Gasteiger partial charge in [-0.3, -0.25) is 0 Å². The molecule has 1 aromatic rings. The molecule has 0 aliphatic heterocycles. The number of nitrogens with one attached hydrogen (secondary N) is 1. The minimum absolute atomic E-state index is 0.265. The molecule has 1 N–H and O–H groups in total. The lowest BCUT2D eigenvalue weighted by Crippen LogP contribution is -2.06. The van der Waals surface area contributed by atoms with Crippen molar-refractivity contribution in [1.29, 1.82) is 0 Å². The van der Waals surface area contributed by atoms with E-state index in [9.17, 15) is 13.2 Å². The number of hydrogen-bond donors (Lipinski definition) is 2. The summed E-state index contributed by atoms with van der Waals surface area (Å²) < 4.78 is 38.5. The molecule has 21 heavy (non-hydrogen) atoms. The Hall–Kier alpha value is -0.910. The molecular weight excluding hydrogens is 297 g/mol. The minimum Gasteiger partial charge on any atom is -0.317 e. The van der Waals surface area contributed by atoms with Gasteiger partial charge in [-0.25, -0.2) is 4.98 Å². The fraction of sp³-hybridized carbons (Fsp3) is 0.667. The van der Waals surface area contributed by atoms with Crippen molar-refractivity contribution in [2.24, 2.45) is 0 Å². The summed E-state index contributed by atoms with van der Waals surface area (Å²) in [4.78, 5) is 4.19. The summed E-state index contributed by atoms with van der Waals surface area (Å²) in [7, 11) is 0. The molecule has 6 heteroatoms. The number of hydrogen-bond acceptors (Lipinski definition) is 3. The number of pyridine rings is 1. The van der Waals surface area contributed by atoms with Gasteiger partial charge in [0.05, 0.1) is 0 Å². The summed E-state index contributed by atoms with van der Waals surface area (Å²) in [5, 5.41) is 0. The van der Waals surface area contributed by atoms with E-state index in [1.165, 1.54) is 5.56 Å². The van der Waals surface area contributed by atoms with E-state index in [1.807, 2.05) is 18.3 Å². The Morgan fingerprint density at radius 3 is 2.10 bits per heavy atom. The summed E-state index contributed by atoms with van der Waals surface area (Å²) in [6.45, 7) is 0. The van der Waals surface area contributed by atoms with Gasteiger partial charge in [0, 0.05) is 12.6 Å². The average molecular weight is 320 g/mol. The van der Waals surface area contributed by atoms with E-state index in [4.69, 9.17) is 0 Å². The maximum Gasteiger partial charge on any atom is 0.389 e. The van der Waals surface area contributed by atoms with Gasteiger partial charge in [-0.2, -0.15) is 13.2 Å². The molecule has 0 saturated heterocycles. The molecule has 0 unspecified atom stereocenters. The van der Waals surface area contributed by atoms with Gasteiger partial charge in [0.2, 0.25) is 0 Å². The molecule has 120 valence electrons. The molecular formula is C15H23F3N2S. The monoisotopic (exact) mass is 320 g/mol. The zero-order valence-corrected chi connectivity index (χ0v) is 13.0. The molecule has 0 aliphatic rings. The second-order valence-corrected chi connectivity index (χ2v) is 5.48. The van der Waals surface area contributed by atoms with Crippen LogP contribution < -0.4 is 4.72 Å². The van der Waals surface area contributed by atoms with Crippen molar-refractivity contribution in [3.63, 3.8) is 0 Å². The predicted molar refractivity (Wildman–Crippen MR) is 83.5 cm³/mol. The number of aryl methyl sites for hydroxylation is 1. The fourth-order valence-electron chi connectivity index (χ4n) is 2.18. The summed E-state index contributed by atoms with van der Waals surface area (Å²) >= 11 is 3.92. The fourth-order valence-corrected chi connectivity index (χ4v) is 2.31. The molecule has 1 heterocycles. The zero-order chi connectivity index (χ0) is 15.6. The van der Waals surface area contributed by atoms with Crippen LogP contribution in [0.25, 0.3) is 0 Å². The van der Waals surface area contributed by atoms with Crippen LogP contribution in [0.15, 0.2) is 18.3 Å². The number of thiol groups is 1. The van der Waals surface area contributed by atoms with Crippen molar-refractivity contribution in [3.05, 3.63) is 23.9 Å². The van der Waals surface area contributed by atoms with Gasteiger partial charge in [-0.05, 0) is 30.9 Å². The van der Waals surface area contributed by atoms with Crippen LogP contribution in [-0.2, 0) is 6.42 Å². The van der Waals surface area contributed by atoms with Gasteiger partial charge in [0.25, 0.3) is 0 Å². The summed E-state index contributed by atoms with van der Waals surface area (Å²) in [5.41, 5.74) is 1.20. The first-order chi connectivity index (χ1) is 10.0. The molecule has 0 spiro atoms. The maximum atomic E-state index is 11.9. The van der Waals surface area contributed by atoms with Gasteiger partial charge < -0.3 is 4.72 Å². The summed E-state index contributed by atoms with van der Waals surface area (Å²) in [5.74, 6) is 0.737. The molecule has 1 aromatic heterocycles. The Labute approximate surface area is 130 Å². The van der Waals surface area contributed by atoms with Crippen LogP contribution in [0.4, 0.5) is 19.0 Å². The summed E-state index contributed by atoms with van der Waals surface area (Å²) in [6, 6.07) is 3.92. The highest BCUT2D eigenvalue weighted by atomic mass is 32.1. The number of unbranched alkanes of at least 4 members (excludes halogenated alkanes) is 6. The molecule has 0 saturated carbocycles. The van der Waals surface area contributed by atoms with Gasteiger partial charge in [-0.1, -0.05) is 51.0 Å². The highest BCUT2D eigenvalue weighted by molar-refractivity contribution is 7.81. The van der Waals surface area contributed by atoms with Crippen LogP contribution >= 0.6 is 12.8 Å². The molecule has 0 aromatic carbocycles. The molecule has 0 atom stereocenters. The zero-order valence-electron chi connectivity index (χ0n) is 12.1. The van der Waals surface area contributed by atoms with Crippen molar-refractivity contribution in [1.82, 2.24) is 4.98 Å². The normalized spacial score (nSPS) is 11.6. The number of rotatable bonds is 10. The van der Waals surface area contributed by atoms with E-state index in [0.717, 1.165) is 44.3 Å². The molecule has 1 rings (SSSR count). The first-order valence-electron chi connectivity index (χ1n) is 7.43. The number of halogens is 3. The number of anilines is 1. The van der Waals surface area contributed by atoms with Crippen LogP contribution in [0, 0.1) is 0 Å². The van der Waals surface area contributed by atoms with E-state index >= 15 is 0 Å². The van der Waals surface area contributed by atoms with Crippen molar-refractivity contribution in [3.8, 4) is 0 Å². The summed E-state index contributed by atoms with van der Waals surface area (Å²) in [6.07, 6.45) is 4.38. The second-order valence-electron chi connectivity index (χ2n) is 5.25. The molecule has 0 fully saturated rings. The third-order valence-corrected chi connectivity index (χ3v) is 3.59. The largest absolute Gasteiger partial charge is 0.389 e. The highest BCUT2D eigenvalue weighted by Gasteiger charge is 2.25. The van der Waals surface area contributed by atoms with Crippen molar-refractivity contribution < 1.29 is 13.2 Å². The lowest BCUT2D eigenvalue weighted by atomic mass is 10.0. The third kappa shape index (κ3) is 9.61. The number of alkyl halides is 3. The minimum atomic E-state index is -3.99. The lowest BCUT2D eigenvalue weighted by molar-refractivity contribution is -0.135. The van der Waals surface area contributed by atoms with Crippen molar-refractivity contribution in [2.75, 3.05) is 4.72 Å². The van der Waals surface area contributed by atoms with Gasteiger partial charge >= 0.3 is 6.18 Å². The maximum absolute atomic E-state index is 11.9. The molecule has 0 bridgehead atoms. The number of aromatic nitrogens is 1. The third-order valence-electron chi connectivity index (χ3n) is 3.36. The van der Waals surface area contributed by atoms with Gasteiger partial charge in [0.15, 0.2) is 0 Å². The Kier molecular flexibility index (Phi) is 8.57. The molecule has 0 amide bonds. The Balaban J connectivity index is 1.94. The first-order valence-corrected chi connectivity index (χ1v) is 7.88. The SMILES string of the molecule is FC(F)(F)CCCCCCCCCc1ccc(NS)nc1. The van der Waals surface area contributed by atoms with Crippen LogP contribution in [0.3, 0.4) is 0 Å². The van der Waals surface area contributed by atoms with Gasteiger partial charge in [-0.15, -0.1) is 0 Å². The smallest absolute Gasteiger partial charge is 0.317 e. The van der Waals surface area contributed by atoms with Gasteiger partial charge in [0.1, 0.15) is 5.82 Å². The standard InChI is InChI=1S/C15H23F3N2S/c16-15(17,18)11-7-5-3-1-2-4-6-8-13-9-10-14(20-21)19-12-13/h9-10,12,21H,1-8,11H2,(H,19,20). The van der Waals surface area contributed by atoms with Crippen LogP contribution in [0.2, 0.25) is 0 Å². The first kappa shape index (κ1) is 18.1. The molecule has 0 aliphatic carbocycles. The quantitative estimate of drug-likeness (QED) is 0.435. The molecule has 0 radical (unpaired) electrons. The van der Waals surface area contributed by atoms with Crippen molar-refractivity contribution in [2.45, 2.75) is 64.0 Å². The topological polar surface area (TPSA) is 24.9 Å². The van der Waals surface area contributed by atoms with E-state index in [2.05, 4.69) is 22.5 Å². The van der Waals surface area contributed by atoms with Crippen molar-refractivity contribution >= 4 is 18.6 Å². The average Bonchev–Trinajstić information content (AvgIpc) is 2.45. The second kappa shape index (κ2) is 9.92. The molecule has 2 nitrogen and oxygen atoms in total. The Morgan fingerprint density at radius 1 is 0.952 bits per heavy atom. The van der Waals surface area contributed by atoms with E-state index < -0.39 is 12.6 Å². The Bertz CT molecular complexity index is 380. The highest BCUT2D eigenvalue weighted by Crippen LogP contribution is 2.23. The Morgan fingerprint density at radius 2 is 1.57 bits per heavy atom. The van der Waals surface area contributed by atoms with E-state index in [0.29, 0.717) is 6.42 Å². The number of nitrogens with zero attached hydrogens (tertiary/aromatic N) is 1. The lowest BCUT2D eigenvalue weighted by Gasteiger charge is -2.06. The predicted octanol–water partition coefficient (Wildman–Crippen LogP) is 5.56. The van der Waals surface area contributed by atoms with E-state index in [1.54, 1.807) is 0 Å². The van der Waals surface area contributed by atoms with Crippen LogP contribution in [0.1, 0.15) is 56.9 Å². The van der Waals surface area contributed by atoms with Crippen LogP contribution in [-0.4, -0.2) is 11.2 Å². The van der Waals surface area contributed by atoms with E-state index in [-0.39, 0.29) is 6.42 Å². The van der Waals surface area contributed by atoms with Crippen LogP contribution in [0.5, 0.6) is 0 Å².